The van der Waals surface area contributed by atoms with E-state index in [2.05, 4.69) is 9.97 Å². The van der Waals surface area contributed by atoms with Crippen LogP contribution in [-0.4, -0.2) is 39.0 Å². The molecule has 2 heterocycles. The second kappa shape index (κ2) is 7.19. The number of fused-ring (bicyclic) bond motifs is 1. The molecule has 0 fully saturated rings. The number of benzene rings is 1. The molecule has 0 radical (unpaired) electrons. The summed E-state index contributed by atoms with van der Waals surface area (Å²) in [6.07, 6.45) is 3.42. The van der Waals surface area contributed by atoms with Crippen molar-refractivity contribution >= 4 is 16.8 Å². The zero-order valence-electron chi connectivity index (χ0n) is 13.5. The van der Waals surface area contributed by atoms with Crippen LogP contribution in [0.3, 0.4) is 0 Å². The van der Waals surface area contributed by atoms with Gasteiger partial charge in [0.1, 0.15) is 0 Å². The van der Waals surface area contributed by atoms with E-state index in [0.717, 1.165) is 16.6 Å². The van der Waals surface area contributed by atoms with Crippen LogP contribution in [-0.2, 0) is 6.54 Å². The molecular weight excluding hydrogens is 302 g/mol. The minimum atomic E-state index is -0.142. The van der Waals surface area contributed by atoms with Gasteiger partial charge in [0.2, 0.25) is 0 Å². The summed E-state index contributed by atoms with van der Waals surface area (Å²) in [6.45, 7) is 2.47. The Morgan fingerprint density at radius 1 is 1.17 bits per heavy atom. The molecule has 0 aliphatic carbocycles. The van der Waals surface area contributed by atoms with Crippen molar-refractivity contribution in [2.24, 2.45) is 0 Å². The molecule has 0 saturated carbocycles. The number of hydrogen-bond donors (Lipinski definition) is 1. The van der Waals surface area contributed by atoms with E-state index in [-0.39, 0.29) is 19.1 Å². The minimum absolute atomic E-state index is 0.0940. The smallest absolute Gasteiger partial charge is 0.256 e. The van der Waals surface area contributed by atoms with E-state index in [1.54, 1.807) is 23.4 Å². The third kappa shape index (κ3) is 3.41. The number of carbonyl (C=O) groups is 1. The molecule has 3 rings (SSSR count). The van der Waals surface area contributed by atoms with Gasteiger partial charge in [-0.25, -0.2) is 0 Å². The molecule has 5 nitrogen and oxygen atoms in total. The molecule has 3 aromatic rings. The van der Waals surface area contributed by atoms with Crippen LogP contribution in [0.25, 0.3) is 10.9 Å². The standard InChI is InChI=1S/C19H19N3O2/c1-14-7-8-16-5-2-6-17(18(16)21-14)19(24)22(10-11-23)13-15-4-3-9-20-12-15/h2-9,12,23H,10-11,13H2,1H3. The number of aromatic nitrogens is 2. The number of amides is 1. The first kappa shape index (κ1) is 16.1. The number of nitrogens with zero attached hydrogens (tertiary/aromatic N) is 3. The lowest BCUT2D eigenvalue weighted by molar-refractivity contribution is 0.0709. The van der Waals surface area contributed by atoms with E-state index < -0.39 is 0 Å². The normalized spacial score (nSPS) is 10.8. The Hall–Kier alpha value is -2.79. The van der Waals surface area contributed by atoms with Crippen LogP contribution >= 0.6 is 0 Å². The van der Waals surface area contributed by atoms with Crippen molar-refractivity contribution in [3.63, 3.8) is 0 Å². The predicted octanol–water partition coefficient (Wildman–Crippen LogP) is 2.57. The van der Waals surface area contributed by atoms with E-state index in [1.807, 2.05) is 43.3 Å². The van der Waals surface area contributed by atoms with Crippen molar-refractivity contribution in [2.75, 3.05) is 13.2 Å². The summed E-state index contributed by atoms with van der Waals surface area (Å²) in [5, 5.41) is 10.3. The Morgan fingerprint density at radius 2 is 2.04 bits per heavy atom. The number of aliphatic hydroxyl groups is 1. The van der Waals surface area contributed by atoms with Crippen molar-refractivity contribution in [1.29, 1.82) is 0 Å². The molecule has 2 aromatic heterocycles. The van der Waals surface area contributed by atoms with Gasteiger partial charge >= 0.3 is 0 Å². The molecule has 0 aliphatic heterocycles. The number of pyridine rings is 2. The maximum absolute atomic E-state index is 13.0. The van der Waals surface area contributed by atoms with Gasteiger partial charge < -0.3 is 10.0 Å². The molecule has 1 aromatic carbocycles. The molecule has 1 amide bonds. The Bertz CT molecular complexity index is 850. The molecule has 0 aliphatic rings. The Morgan fingerprint density at radius 3 is 2.79 bits per heavy atom. The van der Waals surface area contributed by atoms with Gasteiger partial charge in [-0.2, -0.15) is 0 Å². The topological polar surface area (TPSA) is 66.3 Å². The first-order valence-corrected chi connectivity index (χ1v) is 7.84. The van der Waals surface area contributed by atoms with Gasteiger partial charge in [-0.1, -0.05) is 24.3 Å². The van der Waals surface area contributed by atoms with Gasteiger partial charge in [0.15, 0.2) is 0 Å². The van der Waals surface area contributed by atoms with Gasteiger partial charge in [0.05, 0.1) is 17.7 Å². The van der Waals surface area contributed by atoms with Gasteiger partial charge in [-0.3, -0.25) is 14.8 Å². The lowest BCUT2D eigenvalue weighted by Crippen LogP contribution is -2.33. The van der Waals surface area contributed by atoms with Gasteiger partial charge in [0.25, 0.3) is 5.91 Å². The maximum atomic E-state index is 13.0. The largest absolute Gasteiger partial charge is 0.395 e. The van der Waals surface area contributed by atoms with Crippen LogP contribution in [0.1, 0.15) is 21.6 Å². The lowest BCUT2D eigenvalue weighted by Gasteiger charge is -2.22. The monoisotopic (exact) mass is 321 g/mol. The summed E-state index contributed by atoms with van der Waals surface area (Å²) in [7, 11) is 0. The number of rotatable bonds is 5. The zero-order chi connectivity index (χ0) is 16.9. The predicted molar refractivity (Wildman–Crippen MR) is 92.5 cm³/mol. The van der Waals surface area contributed by atoms with Crippen LogP contribution in [0.5, 0.6) is 0 Å². The Balaban J connectivity index is 1.97. The van der Waals surface area contributed by atoms with Crippen LogP contribution < -0.4 is 0 Å². The quantitative estimate of drug-likeness (QED) is 0.784. The fourth-order valence-electron chi connectivity index (χ4n) is 2.67. The molecule has 24 heavy (non-hydrogen) atoms. The molecule has 0 unspecified atom stereocenters. The molecule has 0 bridgehead atoms. The fraction of sp³-hybridized carbons (Fsp3) is 0.211. The highest BCUT2D eigenvalue weighted by Gasteiger charge is 2.19. The maximum Gasteiger partial charge on any atom is 0.256 e. The highest BCUT2D eigenvalue weighted by Crippen LogP contribution is 2.19. The van der Waals surface area contributed by atoms with Crippen molar-refractivity contribution in [1.82, 2.24) is 14.9 Å². The molecular formula is C19H19N3O2. The minimum Gasteiger partial charge on any atom is -0.395 e. The number of hydrogen-bond acceptors (Lipinski definition) is 4. The summed E-state index contributed by atoms with van der Waals surface area (Å²) < 4.78 is 0. The summed E-state index contributed by atoms with van der Waals surface area (Å²) in [4.78, 5) is 23.2. The lowest BCUT2D eigenvalue weighted by atomic mass is 10.1. The zero-order valence-corrected chi connectivity index (χ0v) is 13.5. The van der Waals surface area contributed by atoms with Gasteiger partial charge in [-0.05, 0) is 30.7 Å². The van der Waals surface area contributed by atoms with E-state index >= 15 is 0 Å². The second-order valence-electron chi connectivity index (χ2n) is 5.64. The SMILES string of the molecule is Cc1ccc2cccc(C(=O)N(CCO)Cc3cccnc3)c2n1. The van der Waals surface area contributed by atoms with Crippen LogP contribution in [0, 0.1) is 6.92 Å². The van der Waals surface area contributed by atoms with Crippen molar-refractivity contribution in [3.05, 3.63) is 71.7 Å². The summed E-state index contributed by atoms with van der Waals surface area (Å²) in [5.74, 6) is -0.142. The van der Waals surface area contributed by atoms with E-state index in [1.165, 1.54) is 0 Å². The first-order valence-electron chi connectivity index (χ1n) is 7.84. The highest BCUT2D eigenvalue weighted by molar-refractivity contribution is 6.05. The summed E-state index contributed by atoms with van der Waals surface area (Å²) in [5.41, 5.74) is 3.03. The summed E-state index contributed by atoms with van der Waals surface area (Å²) in [6, 6.07) is 13.2. The number of aryl methyl sites for hydroxylation is 1. The van der Waals surface area contributed by atoms with Crippen molar-refractivity contribution < 1.29 is 9.90 Å². The van der Waals surface area contributed by atoms with E-state index in [0.29, 0.717) is 17.6 Å². The van der Waals surface area contributed by atoms with Crippen molar-refractivity contribution in [2.45, 2.75) is 13.5 Å². The third-order valence-electron chi connectivity index (χ3n) is 3.84. The first-order chi connectivity index (χ1) is 11.7. The van der Waals surface area contributed by atoms with Crippen LogP contribution in [0.2, 0.25) is 0 Å². The highest BCUT2D eigenvalue weighted by atomic mass is 16.3. The second-order valence-corrected chi connectivity index (χ2v) is 5.64. The Kier molecular flexibility index (Phi) is 4.82. The third-order valence-corrected chi connectivity index (χ3v) is 3.84. The average molecular weight is 321 g/mol. The van der Waals surface area contributed by atoms with Gasteiger partial charge in [-0.15, -0.1) is 0 Å². The van der Waals surface area contributed by atoms with E-state index in [4.69, 9.17) is 0 Å². The Labute approximate surface area is 140 Å². The molecule has 0 spiro atoms. The van der Waals surface area contributed by atoms with E-state index in [9.17, 15) is 9.90 Å². The fourth-order valence-corrected chi connectivity index (χ4v) is 2.67. The molecule has 0 atom stereocenters. The molecule has 0 saturated heterocycles. The number of carbonyl (C=O) groups excluding carboxylic acids is 1. The van der Waals surface area contributed by atoms with Crippen molar-refractivity contribution in [3.8, 4) is 0 Å². The van der Waals surface area contributed by atoms with Crippen LogP contribution in [0.4, 0.5) is 0 Å². The number of aliphatic hydroxyl groups excluding tert-OH is 1. The number of para-hydroxylation sites is 1. The average Bonchev–Trinajstić information content (AvgIpc) is 2.61. The molecule has 1 N–H and O–H groups in total. The molecule has 122 valence electrons. The molecule has 5 heteroatoms. The summed E-state index contributed by atoms with van der Waals surface area (Å²) >= 11 is 0. The van der Waals surface area contributed by atoms with Gasteiger partial charge in [0, 0.05) is 36.6 Å². The van der Waals surface area contributed by atoms with Crippen LogP contribution in [0.15, 0.2) is 54.9 Å².